The van der Waals surface area contributed by atoms with Crippen molar-refractivity contribution in [2.45, 2.75) is 71.0 Å². The van der Waals surface area contributed by atoms with Gasteiger partial charge in [-0.25, -0.2) is 0 Å². The van der Waals surface area contributed by atoms with E-state index in [2.05, 4.69) is 40.7 Å². The molecule has 0 bridgehead atoms. The second-order valence-electron chi connectivity index (χ2n) is 9.18. The van der Waals surface area contributed by atoms with Gasteiger partial charge in [0.1, 0.15) is 5.75 Å². The third-order valence-corrected chi connectivity index (χ3v) is 6.70. The van der Waals surface area contributed by atoms with Crippen molar-refractivity contribution in [2.24, 2.45) is 0 Å². The van der Waals surface area contributed by atoms with Gasteiger partial charge in [-0.15, -0.1) is 0 Å². The van der Waals surface area contributed by atoms with Crippen LogP contribution in [0.4, 0.5) is 5.69 Å². The highest BCUT2D eigenvalue weighted by atomic mass is 16.5. The number of hydrogen-bond donors (Lipinski definition) is 2. The number of nitrogens with one attached hydrogen (secondary N) is 2. The number of anilines is 1. The Labute approximate surface area is 196 Å². The van der Waals surface area contributed by atoms with Crippen LogP contribution in [0.5, 0.6) is 5.75 Å². The molecule has 4 rings (SSSR count). The minimum absolute atomic E-state index is 0.0490. The Morgan fingerprint density at radius 2 is 2.00 bits per heavy atom. The van der Waals surface area contributed by atoms with Crippen molar-refractivity contribution in [1.82, 2.24) is 10.2 Å². The molecule has 2 N–H and O–H groups in total. The zero-order valence-corrected chi connectivity index (χ0v) is 19.6. The van der Waals surface area contributed by atoms with Crippen LogP contribution >= 0.6 is 0 Å². The summed E-state index contributed by atoms with van der Waals surface area (Å²) in [4.78, 5) is 26.4. The standard InChI is InChI=1S/C27H35N3O3/c1-20-7-4-5-15-30(20)19-23-9-3-2-8-22(23)18-28-26(31)10-6-16-33-24-12-13-25-21(17-24)11-14-27(32)29-25/h2-3,8-9,12-13,17,20H,4-7,10-11,14-16,18-19H2,1H3,(H,28,31)(H,29,32). The highest BCUT2D eigenvalue weighted by Gasteiger charge is 2.19. The lowest BCUT2D eigenvalue weighted by Gasteiger charge is -2.33. The molecule has 1 saturated heterocycles. The van der Waals surface area contributed by atoms with Crippen LogP contribution in [-0.4, -0.2) is 35.9 Å². The Kier molecular flexibility index (Phi) is 8.00. The summed E-state index contributed by atoms with van der Waals surface area (Å²) in [6.45, 7) is 5.47. The minimum Gasteiger partial charge on any atom is -0.494 e. The van der Waals surface area contributed by atoms with Crippen molar-refractivity contribution in [3.05, 3.63) is 59.2 Å². The van der Waals surface area contributed by atoms with Gasteiger partial charge < -0.3 is 15.4 Å². The number of fused-ring (bicyclic) bond motifs is 1. The maximum Gasteiger partial charge on any atom is 0.224 e. The molecule has 33 heavy (non-hydrogen) atoms. The number of hydrogen-bond acceptors (Lipinski definition) is 4. The lowest BCUT2D eigenvalue weighted by Crippen LogP contribution is -2.37. The average Bonchev–Trinajstić information content (AvgIpc) is 2.82. The van der Waals surface area contributed by atoms with Gasteiger partial charge in [0.15, 0.2) is 0 Å². The molecular formula is C27H35N3O3. The number of nitrogens with zero attached hydrogens (tertiary/aromatic N) is 1. The molecule has 1 unspecified atom stereocenters. The number of ether oxygens (including phenoxy) is 1. The Morgan fingerprint density at radius 3 is 2.85 bits per heavy atom. The van der Waals surface area contributed by atoms with Gasteiger partial charge in [-0.2, -0.15) is 0 Å². The van der Waals surface area contributed by atoms with Crippen LogP contribution in [0.1, 0.15) is 62.1 Å². The molecule has 2 aliphatic rings. The molecule has 0 aromatic heterocycles. The molecule has 6 heteroatoms. The lowest BCUT2D eigenvalue weighted by atomic mass is 10.0. The fourth-order valence-electron chi connectivity index (χ4n) is 4.65. The predicted molar refractivity (Wildman–Crippen MR) is 130 cm³/mol. The first-order valence-electron chi connectivity index (χ1n) is 12.2. The van der Waals surface area contributed by atoms with Gasteiger partial charge in [-0.1, -0.05) is 30.7 Å². The number of carbonyl (C=O) groups is 2. The summed E-state index contributed by atoms with van der Waals surface area (Å²) >= 11 is 0. The van der Waals surface area contributed by atoms with E-state index in [-0.39, 0.29) is 11.8 Å². The SMILES string of the molecule is CC1CCCCN1Cc1ccccc1CNC(=O)CCCOc1ccc2c(c1)CCC(=O)N2. The molecule has 0 spiro atoms. The smallest absolute Gasteiger partial charge is 0.224 e. The monoisotopic (exact) mass is 449 g/mol. The number of amides is 2. The fourth-order valence-corrected chi connectivity index (χ4v) is 4.65. The van der Waals surface area contributed by atoms with Crippen LogP contribution < -0.4 is 15.4 Å². The first-order chi connectivity index (χ1) is 16.1. The van der Waals surface area contributed by atoms with Gasteiger partial charge in [0.2, 0.25) is 11.8 Å². The third-order valence-electron chi connectivity index (χ3n) is 6.70. The zero-order chi connectivity index (χ0) is 23.0. The average molecular weight is 450 g/mol. The topological polar surface area (TPSA) is 70.7 Å². The molecule has 1 fully saturated rings. The molecule has 0 aliphatic carbocycles. The predicted octanol–water partition coefficient (Wildman–Crippen LogP) is 4.42. The summed E-state index contributed by atoms with van der Waals surface area (Å²) in [6.07, 6.45) is 6.20. The molecule has 2 aromatic carbocycles. The highest BCUT2D eigenvalue weighted by Crippen LogP contribution is 2.27. The number of benzene rings is 2. The number of rotatable bonds is 9. The van der Waals surface area contributed by atoms with Gasteiger partial charge in [-0.3, -0.25) is 14.5 Å². The van der Waals surface area contributed by atoms with Crippen LogP contribution in [-0.2, 0) is 29.1 Å². The Bertz CT molecular complexity index is 975. The lowest BCUT2D eigenvalue weighted by molar-refractivity contribution is -0.121. The first kappa shape index (κ1) is 23.3. The summed E-state index contributed by atoms with van der Waals surface area (Å²) in [5, 5.41) is 5.95. The molecular weight excluding hydrogens is 414 g/mol. The maximum atomic E-state index is 12.4. The Balaban J connectivity index is 1.19. The van der Waals surface area contributed by atoms with Gasteiger partial charge in [0.25, 0.3) is 0 Å². The van der Waals surface area contributed by atoms with Gasteiger partial charge in [-0.05, 0) is 74.0 Å². The summed E-state index contributed by atoms with van der Waals surface area (Å²) in [5.74, 6) is 0.893. The fraction of sp³-hybridized carbons (Fsp3) is 0.481. The molecule has 2 amide bonds. The van der Waals surface area contributed by atoms with E-state index in [9.17, 15) is 9.59 Å². The number of aryl methyl sites for hydroxylation is 1. The third kappa shape index (κ3) is 6.57. The quantitative estimate of drug-likeness (QED) is 0.556. The number of carbonyl (C=O) groups excluding carboxylic acids is 2. The molecule has 2 heterocycles. The van der Waals surface area contributed by atoms with Crippen molar-refractivity contribution in [3.63, 3.8) is 0 Å². The van der Waals surface area contributed by atoms with Crippen molar-refractivity contribution in [1.29, 1.82) is 0 Å². The second-order valence-corrected chi connectivity index (χ2v) is 9.18. The van der Waals surface area contributed by atoms with Crippen molar-refractivity contribution >= 4 is 17.5 Å². The van der Waals surface area contributed by atoms with Crippen molar-refractivity contribution in [3.8, 4) is 5.75 Å². The van der Waals surface area contributed by atoms with E-state index >= 15 is 0 Å². The van der Waals surface area contributed by atoms with E-state index in [1.165, 1.54) is 30.4 Å². The van der Waals surface area contributed by atoms with Crippen molar-refractivity contribution in [2.75, 3.05) is 18.5 Å². The van der Waals surface area contributed by atoms with Crippen LogP contribution in [0, 0.1) is 0 Å². The summed E-state index contributed by atoms with van der Waals surface area (Å²) in [5.41, 5.74) is 4.47. The van der Waals surface area contributed by atoms with Crippen LogP contribution in [0.2, 0.25) is 0 Å². The maximum absolute atomic E-state index is 12.4. The molecule has 0 saturated carbocycles. The molecule has 1 atom stereocenters. The molecule has 2 aromatic rings. The molecule has 176 valence electrons. The van der Waals surface area contributed by atoms with E-state index in [1.54, 1.807) is 0 Å². The van der Waals surface area contributed by atoms with Crippen LogP contribution in [0.15, 0.2) is 42.5 Å². The Hall–Kier alpha value is -2.86. The van der Waals surface area contributed by atoms with Gasteiger partial charge >= 0.3 is 0 Å². The molecule has 0 radical (unpaired) electrons. The minimum atomic E-state index is 0.0490. The van der Waals surface area contributed by atoms with E-state index in [0.717, 1.165) is 36.5 Å². The van der Waals surface area contributed by atoms with E-state index in [0.29, 0.717) is 38.5 Å². The van der Waals surface area contributed by atoms with Crippen LogP contribution in [0.3, 0.4) is 0 Å². The zero-order valence-electron chi connectivity index (χ0n) is 19.6. The van der Waals surface area contributed by atoms with Gasteiger partial charge in [0.05, 0.1) is 6.61 Å². The number of likely N-dealkylation sites (tertiary alicyclic amines) is 1. The van der Waals surface area contributed by atoms with E-state index in [4.69, 9.17) is 4.74 Å². The van der Waals surface area contributed by atoms with Crippen molar-refractivity contribution < 1.29 is 14.3 Å². The van der Waals surface area contributed by atoms with E-state index < -0.39 is 0 Å². The molecule has 6 nitrogen and oxygen atoms in total. The summed E-state index contributed by atoms with van der Waals surface area (Å²) < 4.78 is 5.83. The first-order valence-corrected chi connectivity index (χ1v) is 12.2. The largest absolute Gasteiger partial charge is 0.494 e. The second kappa shape index (κ2) is 11.3. The Morgan fingerprint density at radius 1 is 1.15 bits per heavy atom. The molecule has 2 aliphatic heterocycles. The van der Waals surface area contributed by atoms with E-state index in [1.807, 2.05) is 24.3 Å². The summed E-state index contributed by atoms with van der Waals surface area (Å²) in [6, 6.07) is 14.8. The van der Waals surface area contributed by atoms with Gasteiger partial charge in [0, 0.05) is 37.7 Å². The highest BCUT2D eigenvalue weighted by molar-refractivity contribution is 5.94. The number of piperidine rings is 1. The summed E-state index contributed by atoms with van der Waals surface area (Å²) in [7, 11) is 0. The van der Waals surface area contributed by atoms with Crippen LogP contribution in [0.25, 0.3) is 0 Å². The normalized spacial score (nSPS) is 18.3.